The van der Waals surface area contributed by atoms with Crippen molar-refractivity contribution in [1.82, 2.24) is 0 Å². The summed E-state index contributed by atoms with van der Waals surface area (Å²) < 4.78 is 23.2. The van der Waals surface area contributed by atoms with Gasteiger partial charge in [-0.25, -0.2) is 0 Å². The number of hydrogen-bond acceptors (Lipinski definition) is 2. The van der Waals surface area contributed by atoms with Crippen LogP contribution in [-0.4, -0.2) is 32.1 Å². The minimum atomic E-state index is -0.621. The second kappa shape index (κ2) is 16.0. The zero-order valence-electron chi connectivity index (χ0n) is 13.5. The van der Waals surface area contributed by atoms with Gasteiger partial charge >= 0.3 is 0 Å². The summed E-state index contributed by atoms with van der Waals surface area (Å²) >= 11 is -1.24. The largest absolute Gasteiger partial charge is 0.616 e. The van der Waals surface area contributed by atoms with E-state index >= 15 is 0 Å². The standard InChI is InChI=1S/C16H34O2S2/c1-3-5-6-7-8-10-15-20(18)16-12-9-11-14-19(17)13-4-2/h3-16H2,1-2H3. The molecule has 0 heterocycles. The Hall–Kier alpha value is 0.620. The van der Waals surface area contributed by atoms with Gasteiger partial charge in [-0.2, -0.15) is 0 Å². The van der Waals surface area contributed by atoms with Crippen LogP contribution in [0, 0.1) is 0 Å². The van der Waals surface area contributed by atoms with Crippen molar-refractivity contribution in [2.24, 2.45) is 0 Å². The maximum Gasteiger partial charge on any atom is 0.105 e. The molecule has 2 unspecified atom stereocenters. The van der Waals surface area contributed by atoms with E-state index in [-0.39, 0.29) is 0 Å². The summed E-state index contributed by atoms with van der Waals surface area (Å²) in [5, 5.41) is 0. The van der Waals surface area contributed by atoms with Crippen LogP contribution in [0.4, 0.5) is 0 Å². The molecule has 0 aliphatic rings. The highest BCUT2D eigenvalue weighted by Gasteiger charge is 2.07. The molecule has 0 bridgehead atoms. The van der Waals surface area contributed by atoms with Crippen LogP contribution in [0.1, 0.15) is 78.1 Å². The van der Waals surface area contributed by atoms with Gasteiger partial charge in [-0.1, -0.05) is 61.9 Å². The van der Waals surface area contributed by atoms with Gasteiger partial charge in [0.15, 0.2) is 0 Å². The predicted molar refractivity (Wildman–Crippen MR) is 93.3 cm³/mol. The molecule has 2 atom stereocenters. The van der Waals surface area contributed by atoms with Crippen LogP contribution in [0.25, 0.3) is 0 Å². The minimum Gasteiger partial charge on any atom is -0.616 e. The summed E-state index contributed by atoms with van der Waals surface area (Å²) in [6.07, 6.45) is 11.8. The van der Waals surface area contributed by atoms with Crippen LogP contribution >= 0.6 is 0 Å². The van der Waals surface area contributed by atoms with Crippen LogP contribution in [0.3, 0.4) is 0 Å². The fourth-order valence-electron chi connectivity index (χ4n) is 2.18. The molecule has 0 saturated carbocycles. The highest BCUT2D eigenvalue weighted by atomic mass is 32.2. The third-order valence-electron chi connectivity index (χ3n) is 3.40. The molecule has 0 saturated heterocycles. The summed E-state index contributed by atoms with van der Waals surface area (Å²) in [6, 6.07) is 0. The molecule has 0 radical (unpaired) electrons. The van der Waals surface area contributed by atoms with Gasteiger partial charge in [0.25, 0.3) is 0 Å². The molecule has 0 amide bonds. The molecule has 0 aromatic carbocycles. The van der Waals surface area contributed by atoms with Crippen LogP contribution in [0.2, 0.25) is 0 Å². The first-order valence-electron chi connectivity index (χ1n) is 8.40. The lowest BCUT2D eigenvalue weighted by atomic mass is 10.1. The van der Waals surface area contributed by atoms with Gasteiger partial charge in [0.05, 0.1) is 0 Å². The Kier molecular flexibility index (Phi) is 16.5. The van der Waals surface area contributed by atoms with Gasteiger partial charge in [-0.15, -0.1) is 0 Å². The minimum absolute atomic E-state index is 0.619. The van der Waals surface area contributed by atoms with Crippen LogP contribution in [-0.2, 0) is 22.4 Å². The van der Waals surface area contributed by atoms with Crippen molar-refractivity contribution in [2.75, 3.05) is 23.0 Å². The van der Waals surface area contributed by atoms with E-state index in [1.165, 1.54) is 32.1 Å². The lowest BCUT2D eigenvalue weighted by molar-refractivity contribution is 0.577. The van der Waals surface area contributed by atoms with Gasteiger partial charge in [0.1, 0.15) is 23.0 Å². The molecule has 2 nitrogen and oxygen atoms in total. The van der Waals surface area contributed by atoms with E-state index in [9.17, 15) is 9.11 Å². The highest BCUT2D eigenvalue weighted by molar-refractivity contribution is 7.91. The van der Waals surface area contributed by atoms with E-state index in [0.717, 1.165) is 55.1 Å². The van der Waals surface area contributed by atoms with Crippen LogP contribution < -0.4 is 0 Å². The van der Waals surface area contributed by atoms with Crippen LogP contribution in [0.15, 0.2) is 0 Å². The van der Waals surface area contributed by atoms with Gasteiger partial charge < -0.3 is 9.11 Å². The lowest BCUT2D eigenvalue weighted by Crippen LogP contribution is -2.13. The smallest absolute Gasteiger partial charge is 0.105 e. The topological polar surface area (TPSA) is 46.1 Å². The molecule has 0 fully saturated rings. The van der Waals surface area contributed by atoms with E-state index in [0.29, 0.717) is 0 Å². The first-order chi connectivity index (χ1) is 9.70. The van der Waals surface area contributed by atoms with Crippen molar-refractivity contribution < 1.29 is 9.11 Å². The highest BCUT2D eigenvalue weighted by Crippen LogP contribution is 2.09. The summed E-state index contributed by atoms with van der Waals surface area (Å²) in [5.74, 6) is 3.39. The molecule has 4 heteroatoms. The summed E-state index contributed by atoms with van der Waals surface area (Å²) in [6.45, 7) is 4.30. The van der Waals surface area contributed by atoms with E-state index in [4.69, 9.17) is 0 Å². The number of unbranched alkanes of at least 4 members (excludes halogenated alkanes) is 7. The Morgan fingerprint density at radius 3 is 1.40 bits per heavy atom. The second-order valence-electron chi connectivity index (χ2n) is 5.52. The molecule has 0 aliphatic heterocycles. The molecule has 122 valence electrons. The third kappa shape index (κ3) is 15.0. The Balaban J connectivity index is 3.22. The Morgan fingerprint density at radius 1 is 0.500 bits per heavy atom. The fourth-order valence-corrected chi connectivity index (χ4v) is 4.62. The average Bonchev–Trinajstić information content (AvgIpc) is 2.42. The fraction of sp³-hybridized carbons (Fsp3) is 1.00. The second-order valence-corrected chi connectivity index (χ2v) is 8.92. The Bertz CT molecular complexity index is 191. The molecule has 0 spiro atoms. The first kappa shape index (κ1) is 20.6. The number of hydrogen-bond donors (Lipinski definition) is 0. The monoisotopic (exact) mass is 322 g/mol. The lowest BCUT2D eigenvalue weighted by Gasteiger charge is -2.12. The van der Waals surface area contributed by atoms with Crippen molar-refractivity contribution >= 4 is 22.4 Å². The van der Waals surface area contributed by atoms with E-state index in [2.05, 4.69) is 13.8 Å². The average molecular weight is 323 g/mol. The zero-order valence-corrected chi connectivity index (χ0v) is 15.2. The predicted octanol–water partition coefficient (Wildman–Crippen LogP) is 4.42. The zero-order chi connectivity index (χ0) is 15.1. The van der Waals surface area contributed by atoms with Crippen molar-refractivity contribution in [3.63, 3.8) is 0 Å². The van der Waals surface area contributed by atoms with E-state index in [1.807, 2.05) is 0 Å². The molecular weight excluding hydrogens is 288 g/mol. The van der Waals surface area contributed by atoms with Gasteiger partial charge in [-0.05, 0) is 38.5 Å². The van der Waals surface area contributed by atoms with Gasteiger partial charge in [0.2, 0.25) is 0 Å². The molecular formula is C16H34O2S2. The molecule has 0 aromatic heterocycles. The van der Waals surface area contributed by atoms with Crippen molar-refractivity contribution in [2.45, 2.75) is 78.1 Å². The summed E-state index contributed by atoms with van der Waals surface area (Å²) in [7, 11) is 0. The first-order valence-corrected chi connectivity index (χ1v) is 11.4. The third-order valence-corrected chi connectivity index (χ3v) is 6.50. The maximum absolute atomic E-state index is 11.8. The van der Waals surface area contributed by atoms with Crippen molar-refractivity contribution in [3.8, 4) is 0 Å². The number of rotatable bonds is 15. The van der Waals surface area contributed by atoms with Crippen LogP contribution in [0.5, 0.6) is 0 Å². The normalized spacial score (nSPS) is 14.4. The SMILES string of the molecule is CCCCCCCC[S+]([O-])CCCCC[S+]([O-])CCC. The Labute approximate surface area is 132 Å². The van der Waals surface area contributed by atoms with E-state index < -0.39 is 22.4 Å². The van der Waals surface area contributed by atoms with Gasteiger partial charge in [-0.3, -0.25) is 0 Å². The van der Waals surface area contributed by atoms with E-state index in [1.54, 1.807) is 0 Å². The maximum atomic E-state index is 11.8. The van der Waals surface area contributed by atoms with Crippen molar-refractivity contribution in [3.05, 3.63) is 0 Å². The van der Waals surface area contributed by atoms with Gasteiger partial charge in [0, 0.05) is 0 Å². The molecule has 0 N–H and O–H groups in total. The quantitative estimate of drug-likeness (QED) is 0.331. The molecule has 0 aromatic rings. The summed E-state index contributed by atoms with van der Waals surface area (Å²) in [5.41, 5.74) is 0. The summed E-state index contributed by atoms with van der Waals surface area (Å²) in [4.78, 5) is 0. The van der Waals surface area contributed by atoms with Crippen molar-refractivity contribution in [1.29, 1.82) is 0 Å². The molecule has 0 aliphatic carbocycles. The molecule has 20 heavy (non-hydrogen) atoms. The Morgan fingerprint density at radius 2 is 0.900 bits per heavy atom. The molecule has 0 rings (SSSR count).